The average Bonchev–Trinajstić information content (AvgIpc) is 3.13. The Balaban J connectivity index is 2.09. The Kier molecular flexibility index (Phi) is 3.91. The zero-order chi connectivity index (χ0) is 19.5. The predicted octanol–water partition coefficient (Wildman–Crippen LogP) is 4.59. The smallest absolute Gasteiger partial charge is 0.138 e. The number of carbonyl (C=O) groups is 1. The largest absolute Gasteiger partial charge is 0.496 e. The van der Waals surface area contributed by atoms with Crippen molar-refractivity contribution in [1.29, 1.82) is 0 Å². The van der Waals surface area contributed by atoms with Crippen molar-refractivity contribution < 1.29 is 14.3 Å². The summed E-state index contributed by atoms with van der Waals surface area (Å²) in [7, 11) is 3.36. The van der Waals surface area contributed by atoms with E-state index in [1.165, 1.54) is 0 Å². The second kappa shape index (κ2) is 5.95. The fraction of sp³-hybridized carbons (Fsp3) is 0.391. The first kappa shape index (κ1) is 17.8. The van der Waals surface area contributed by atoms with Crippen molar-refractivity contribution in [2.24, 2.45) is 4.99 Å². The van der Waals surface area contributed by atoms with E-state index in [4.69, 9.17) is 14.5 Å². The van der Waals surface area contributed by atoms with E-state index >= 15 is 0 Å². The molecule has 0 radical (unpaired) electrons. The van der Waals surface area contributed by atoms with E-state index in [0.717, 1.165) is 50.7 Å². The van der Waals surface area contributed by atoms with Gasteiger partial charge in [0.15, 0.2) is 0 Å². The third kappa shape index (κ3) is 2.10. The number of rotatable bonds is 3. The van der Waals surface area contributed by atoms with E-state index in [1.807, 2.05) is 39.0 Å². The second-order valence-corrected chi connectivity index (χ2v) is 7.61. The Labute approximate surface area is 160 Å². The van der Waals surface area contributed by atoms with Gasteiger partial charge >= 0.3 is 0 Å². The van der Waals surface area contributed by atoms with Crippen LogP contribution < -0.4 is 9.47 Å². The van der Waals surface area contributed by atoms with Crippen molar-refractivity contribution in [3.63, 3.8) is 0 Å². The van der Waals surface area contributed by atoms with Gasteiger partial charge in [0.05, 0.1) is 31.2 Å². The monoisotopic (exact) mass is 363 g/mol. The highest BCUT2D eigenvalue weighted by Gasteiger charge is 2.56. The molecule has 2 aliphatic rings. The molecule has 0 saturated carbocycles. The van der Waals surface area contributed by atoms with Crippen LogP contribution in [0.5, 0.6) is 11.5 Å². The van der Waals surface area contributed by atoms with Gasteiger partial charge in [0.25, 0.3) is 0 Å². The molecule has 0 fully saturated rings. The molecule has 1 aliphatic heterocycles. The van der Waals surface area contributed by atoms with Gasteiger partial charge in [0, 0.05) is 16.8 Å². The van der Waals surface area contributed by atoms with Crippen LogP contribution in [-0.2, 0) is 16.6 Å². The summed E-state index contributed by atoms with van der Waals surface area (Å²) in [5, 5.41) is 0. The van der Waals surface area contributed by atoms with Crippen molar-refractivity contribution in [3.05, 3.63) is 52.1 Å². The van der Waals surface area contributed by atoms with Crippen molar-refractivity contribution in [1.82, 2.24) is 0 Å². The summed E-state index contributed by atoms with van der Waals surface area (Å²) in [5.74, 6) is 1.49. The maximum atomic E-state index is 13.0. The van der Waals surface area contributed by atoms with Crippen molar-refractivity contribution in [2.45, 2.75) is 45.4 Å². The lowest BCUT2D eigenvalue weighted by molar-refractivity contribution is -0.119. The number of nitrogens with zero attached hydrogens (tertiary/aromatic N) is 1. The number of carbonyl (C=O) groups excluding carboxylic acids is 1. The molecular weight excluding hydrogens is 338 g/mol. The Morgan fingerprint density at radius 1 is 1.07 bits per heavy atom. The Bertz CT molecular complexity index is 1010. The molecule has 0 aromatic heterocycles. The molecular formula is C23H25NO3. The van der Waals surface area contributed by atoms with E-state index < -0.39 is 5.41 Å². The number of Topliss-reactive ketones (excluding diaryl/α,β-unsaturated/α-hetero) is 1. The third-order valence-electron chi connectivity index (χ3n) is 6.40. The molecule has 4 heteroatoms. The molecule has 0 unspecified atom stereocenters. The molecule has 1 heterocycles. The van der Waals surface area contributed by atoms with E-state index in [2.05, 4.69) is 6.07 Å². The van der Waals surface area contributed by atoms with Gasteiger partial charge in [-0.05, 0) is 56.9 Å². The van der Waals surface area contributed by atoms with Gasteiger partial charge in [-0.2, -0.15) is 0 Å². The molecule has 4 rings (SSSR count). The number of hydrogen-bond acceptors (Lipinski definition) is 4. The lowest BCUT2D eigenvalue weighted by atomic mass is 9.67. The highest BCUT2D eigenvalue weighted by molar-refractivity contribution is 6.08. The standard InChI is InChI=1S/C23H25NO3/c1-12-19-16(22(27-6)13(2)21(12)26-5)11-23(20(19)14(3)25)15(4)24-18-10-8-7-9-17(18)23/h7-10,20H,11H2,1-6H3/t20-,23-/m1/s1. The van der Waals surface area contributed by atoms with Crippen molar-refractivity contribution in [2.75, 3.05) is 14.2 Å². The SMILES string of the molecule is COc1c(C)c(OC)c2c(c1C)[C@@H](C(C)=O)[C@]1(C2)C(C)=Nc2ccccc21. The lowest BCUT2D eigenvalue weighted by Crippen LogP contribution is -2.39. The predicted molar refractivity (Wildman–Crippen MR) is 107 cm³/mol. The first-order valence-corrected chi connectivity index (χ1v) is 9.28. The number of ether oxygens (including phenoxy) is 2. The molecule has 2 aromatic carbocycles. The molecule has 0 saturated heterocycles. The number of aliphatic imine (C=N–C) groups is 1. The summed E-state index contributed by atoms with van der Waals surface area (Å²) in [6.45, 7) is 7.80. The van der Waals surface area contributed by atoms with Gasteiger partial charge in [-0.15, -0.1) is 0 Å². The average molecular weight is 363 g/mol. The molecule has 27 heavy (non-hydrogen) atoms. The quantitative estimate of drug-likeness (QED) is 0.801. The van der Waals surface area contributed by atoms with Gasteiger partial charge in [0.1, 0.15) is 17.3 Å². The summed E-state index contributed by atoms with van der Waals surface area (Å²) in [4.78, 5) is 17.9. The Hall–Kier alpha value is -2.62. The van der Waals surface area contributed by atoms with Gasteiger partial charge in [0.2, 0.25) is 0 Å². The number of para-hydroxylation sites is 1. The zero-order valence-electron chi connectivity index (χ0n) is 16.8. The van der Waals surface area contributed by atoms with Crippen molar-refractivity contribution >= 4 is 17.2 Å². The fourth-order valence-electron chi connectivity index (χ4n) is 5.42. The lowest BCUT2D eigenvalue weighted by Gasteiger charge is -2.32. The number of benzene rings is 2. The van der Waals surface area contributed by atoms with Crippen LogP contribution >= 0.6 is 0 Å². The fourth-order valence-corrected chi connectivity index (χ4v) is 5.42. The minimum absolute atomic E-state index is 0.149. The molecule has 0 N–H and O–H groups in total. The zero-order valence-corrected chi connectivity index (χ0v) is 16.8. The Morgan fingerprint density at radius 2 is 1.74 bits per heavy atom. The van der Waals surface area contributed by atoms with E-state index in [1.54, 1.807) is 21.1 Å². The van der Waals surface area contributed by atoms with Crippen LogP contribution in [0.2, 0.25) is 0 Å². The molecule has 0 amide bonds. The minimum Gasteiger partial charge on any atom is -0.496 e. The summed E-state index contributed by atoms with van der Waals surface area (Å²) in [5.41, 5.74) is 6.83. The van der Waals surface area contributed by atoms with E-state index in [-0.39, 0.29) is 11.7 Å². The van der Waals surface area contributed by atoms with Gasteiger partial charge in [-0.1, -0.05) is 18.2 Å². The number of methoxy groups -OCH3 is 2. The van der Waals surface area contributed by atoms with Gasteiger partial charge in [-0.3, -0.25) is 9.79 Å². The first-order valence-electron chi connectivity index (χ1n) is 9.28. The number of hydrogen-bond donors (Lipinski definition) is 0. The molecule has 2 atom stereocenters. The maximum Gasteiger partial charge on any atom is 0.138 e. The highest BCUT2D eigenvalue weighted by Crippen LogP contribution is 2.59. The molecule has 0 bridgehead atoms. The topological polar surface area (TPSA) is 47.9 Å². The normalized spacial score (nSPS) is 22.4. The maximum absolute atomic E-state index is 13.0. The summed E-state index contributed by atoms with van der Waals surface area (Å²) in [6.07, 6.45) is 0.716. The van der Waals surface area contributed by atoms with Crippen LogP contribution in [-0.4, -0.2) is 25.7 Å². The Morgan fingerprint density at radius 3 is 2.37 bits per heavy atom. The van der Waals surface area contributed by atoms with Crippen LogP contribution in [0.4, 0.5) is 5.69 Å². The van der Waals surface area contributed by atoms with Crippen molar-refractivity contribution in [3.8, 4) is 11.5 Å². The molecule has 4 nitrogen and oxygen atoms in total. The van der Waals surface area contributed by atoms with Crippen LogP contribution in [0.15, 0.2) is 29.3 Å². The van der Waals surface area contributed by atoms with E-state index in [0.29, 0.717) is 6.42 Å². The number of ketones is 1. The van der Waals surface area contributed by atoms with Crippen LogP contribution in [0.3, 0.4) is 0 Å². The first-order chi connectivity index (χ1) is 12.9. The molecule has 1 spiro atoms. The highest BCUT2D eigenvalue weighted by atomic mass is 16.5. The van der Waals surface area contributed by atoms with Crippen LogP contribution in [0.1, 0.15) is 47.6 Å². The summed E-state index contributed by atoms with van der Waals surface area (Å²) < 4.78 is 11.5. The minimum atomic E-state index is -0.443. The third-order valence-corrected chi connectivity index (χ3v) is 6.40. The van der Waals surface area contributed by atoms with Gasteiger partial charge < -0.3 is 9.47 Å². The summed E-state index contributed by atoms with van der Waals surface area (Å²) >= 11 is 0. The molecule has 1 aliphatic carbocycles. The number of fused-ring (bicyclic) bond motifs is 3. The van der Waals surface area contributed by atoms with Crippen LogP contribution in [0.25, 0.3) is 0 Å². The molecule has 140 valence electrons. The summed E-state index contributed by atoms with van der Waals surface area (Å²) in [6, 6.07) is 8.18. The van der Waals surface area contributed by atoms with Crippen LogP contribution in [0, 0.1) is 13.8 Å². The molecule has 2 aromatic rings. The van der Waals surface area contributed by atoms with E-state index in [9.17, 15) is 4.79 Å². The second-order valence-electron chi connectivity index (χ2n) is 7.61. The van der Waals surface area contributed by atoms with Gasteiger partial charge in [-0.25, -0.2) is 0 Å².